The van der Waals surface area contributed by atoms with Gasteiger partial charge in [-0.2, -0.15) is 11.8 Å². The number of hydrogen-bond donors (Lipinski definition) is 2. The van der Waals surface area contributed by atoms with Crippen LogP contribution in [0.15, 0.2) is 10.5 Å². The summed E-state index contributed by atoms with van der Waals surface area (Å²) in [6.45, 7) is 2.51. The molecule has 106 valence electrons. The molecule has 5 heteroatoms. The molecule has 0 unspecified atom stereocenters. The Bertz CT molecular complexity index is 436. The fourth-order valence-electron chi connectivity index (χ4n) is 2.56. The summed E-state index contributed by atoms with van der Waals surface area (Å²) in [5.41, 5.74) is 0.949. The SMILES string of the molecule is CSC1CCC(NCc2cc(C(=O)O)oc2C)CC1. The molecule has 1 saturated carbocycles. The van der Waals surface area contributed by atoms with Gasteiger partial charge in [0.15, 0.2) is 0 Å². The van der Waals surface area contributed by atoms with Gasteiger partial charge < -0.3 is 14.8 Å². The van der Waals surface area contributed by atoms with Crippen molar-refractivity contribution < 1.29 is 14.3 Å². The van der Waals surface area contributed by atoms with Gasteiger partial charge in [0.05, 0.1) is 0 Å². The van der Waals surface area contributed by atoms with Crippen molar-refractivity contribution in [2.75, 3.05) is 6.26 Å². The van der Waals surface area contributed by atoms with Crippen molar-refractivity contribution in [2.45, 2.75) is 50.4 Å². The zero-order valence-corrected chi connectivity index (χ0v) is 12.3. The van der Waals surface area contributed by atoms with E-state index in [1.54, 1.807) is 6.07 Å². The number of carbonyl (C=O) groups is 1. The van der Waals surface area contributed by atoms with Gasteiger partial charge in [0.25, 0.3) is 0 Å². The molecular formula is C14H21NO3S. The summed E-state index contributed by atoms with van der Waals surface area (Å²) in [6, 6.07) is 2.17. The minimum absolute atomic E-state index is 0.0281. The number of carboxylic acid groups (broad SMARTS) is 1. The van der Waals surface area contributed by atoms with E-state index in [-0.39, 0.29) is 5.76 Å². The highest BCUT2D eigenvalue weighted by Crippen LogP contribution is 2.27. The molecule has 1 aromatic heterocycles. The Morgan fingerprint density at radius 2 is 2.16 bits per heavy atom. The third-order valence-electron chi connectivity index (χ3n) is 3.82. The molecule has 0 atom stereocenters. The molecule has 0 bridgehead atoms. The van der Waals surface area contributed by atoms with Crippen LogP contribution in [0.2, 0.25) is 0 Å². The molecule has 1 aromatic rings. The molecule has 1 heterocycles. The number of rotatable bonds is 5. The van der Waals surface area contributed by atoms with E-state index in [1.165, 1.54) is 25.7 Å². The molecule has 0 aliphatic heterocycles. The van der Waals surface area contributed by atoms with Crippen LogP contribution in [0.3, 0.4) is 0 Å². The molecule has 0 radical (unpaired) electrons. The van der Waals surface area contributed by atoms with Crippen LogP contribution in [-0.2, 0) is 6.54 Å². The number of thioether (sulfide) groups is 1. The predicted octanol–water partition coefficient (Wildman–Crippen LogP) is 3.05. The summed E-state index contributed by atoms with van der Waals surface area (Å²) in [7, 11) is 0. The first-order valence-corrected chi connectivity index (χ1v) is 7.97. The average molecular weight is 283 g/mol. The summed E-state index contributed by atoms with van der Waals surface area (Å²) in [5, 5.41) is 13.2. The second-order valence-electron chi connectivity index (χ2n) is 5.09. The summed E-state index contributed by atoms with van der Waals surface area (Å²) < 4.78 is 5.21. The van der Waals surface area contributed by atoms with E-state index in [4.69, 9.17) is 9.52 Å². The first-order valence-electron chi connectivity index (χ1n) is 6.69. The maximum Gasteiger partial charge on any atom is 0.371 e. The van der Waals surface area contributed by atoms with E-state index in [0.717, 1.165) is 10.8 Å². The normalized spacial score (nSPS) is 23.5. The van der Waals surface area contributed by atoms with Gasteiger partial charge in [-0.25, -0.2) is 4.79 Å². The van der Waals surface area contributed by atoms with Crippen molar-refractivity contribution in [1.82, 2.24) is 5.32 Å². The fraction of sp³-hybridized carbons (Fsp3) is 0.643. The van der Waals surface area contributed by atoms with Crippen LogP contribution < -0.4 is 5.32 Å². The third kappa shape index (κ3) is 3.76. The lowest BCUT2D eigenvalue weighted by molar-refractivity contribution is 0.0661. The predicted molar refractivity (Wildman–Crippen MR) is 76.8 cm³/mol. The second-order valence-corrected chi connectivity index (χ2v) is 6.23. The first kappa shape index (κ1) is 14.5. The highest BCUT2D eigenvalue weighted by Gasteiger charge is 2.20. The summed E-state index contributed by atoms with van der Waals surface area (Å²) >= 11 is 1.96. The third-order valence-corrected chi connectivity index (χ3v) is 4.96. The largest absolute Gasteiger partial charge is 0.475 e. The van der Waals surface area contributed by atoms with Gasteiger partial charge in [-0.05, 0) is 44.9 Å². The van der Waals surface area contributed by atoms with E-state index in [2.05, 4.69) is 11.6 Å². The van der Waals surface area contributed by atoms with Crippen LogP contribution >= 0.6 is 11.8 Å². The molecule has 1 aliphatic carbocycles. The number of hydrogen-bond acceptors (Lipinski definition) is 4. The summed E-state index contributed by atoms with van der Waals surface area (Å²) in [6.07, 6.45) is 7.12. The lowest BCUT2D eigenvalue weighted by atomic mass is 9.95. The van der Waals surface area contributed by atoms with Crippen molar-refractivity contribution in [2.24, 2.45) is 0 Å². The van der Waals surface area contributed by atoms with E-state index in [9.17, 15) is 4.79 Å². The van der Waals surface area contributed by atoms with Gasteiger partial charge in [0, 0.05) is 23.4 Å². The molecule has 1 aliphatic rings. The highest BCUT2D eigenvalue weighted by atomic mass is 32.2. The van der Waals surface area contributed by atoms with E-state index < -0.39 is 5.97 Å². The molecule has 0 saturated heterocycles. The lowest BCUT2D eigenvalue weighted by Crippen LogP contribution is -2.33. The number of furan rings is 1. The molecule has 0 aromatic carbocycles. The standard InChI is InChI=1S/C14H21NO3S/c1-9-10(7-13(18-9)14(16)17)8-15-11-3-5-12(19-2)6-4-11/h7,11-12,15H,3-6,8H2,1-2H3,(H,16,17). The molecule has 2 rings (SSSR count). The van der Waals surface area contributed by atoms with Gasteiger partial charge in [-0.15, -0.1) is 0 Å². The Kier molecular flexibility index (Phi) is 4.93. The van der Waals surface area contributed by atoms with Crippen LogP contribution in [0.5, 0.6) is 0 Å². The molecule has 0 amide bonds. The Balaban J connectivity index is 1.84. The van der Waals surface area contributed by atoms with Crippen molar-refractivity contribution in [1.29, 1.82) is 0 Å². The van der Waals surface area contributed by atoms with Crippen molar-refractivity contribution in [3.05, 3.63) is 23.2 Å². The van der Waals surface area contributed by atoms with Crippen molar-refractivity contribution in [3.63, 3.8) is 0 Å². The zero-order chi connectivity index (χ0) is 13.8. The molecule has 1 fully saturated rings. The number of nitrogens with one attached hydrogen (secondary N) is 1. The van der Waals surface area contributed by atoms with Gasteiger partial charge >= 0.3 is 5.97 Å². The average Bonchev–Trinajstić information content (AvgIpc) is 2.79. The topological polar surface area (TPSA) is 62.5 Å². The number of aryl methyl sites for hydroxylation is 1. The van der Waals surface area contributed by atoms with E-state index in [0.29, 0.717) is 18.3 Å². The van der Waals surface area contributed by atoms with E-state index in [1.807, 2.05) is 18.7 Å². The number of carboxylic acids is 1. The van der Waals surface area contributed by atoms with Crippen LogP contribution in [0, 0.1) is 6.92 Å². The molecular weight excluding hydrogens is 262 g/mol. The Hall–Kier alpha value is -0.940. The molecule has 4 nitrogen and oxygen atoms in total. The van der Waals surface area contributed by atoms with Gasteiger partial charge in [0.2, 0.25) is 5.76 Å². The highest BCUT2D eigenvalue weighted by molar-refractivity contribution is 7.99. The van der Waals surface area contributed by atoms with Gasteiger partial charge in [-0.1, -0.05) is 0 Å². The fourth-order valence-corrected chi connectivity index (χ4v) is 3.30. The minimum Gasteiger partial charge on any atom is -0.475 e. The molecule has 2 N–H and O–H groups in total. The van der Waals surface area contributed by atoms with Gasteiger partial charge in [0.1, 0.15) is 5.76 Å². The minimum atomic E-state index is -1.00. The zero-order valence-electron chi connectivity index (χ0n) is 11.4. The van der Waals surface area contributed by atoms with Crippen molar-refractivity contribution in [3.8, 4) is 0 Å². The maximum absolute atomic E-state index is 10.8. The van der Waals surface area contributed by atoms with Gasteiger partial charge in [-0.3, -0.25) is 0 Å². The quantitative estimate of drug-likeness (QED) is 0.869. The Labute approximate surface area is 117 Å². The number of aromatic carboxylic acids is 1. The maximum atomic E-state index is 10.8. The smallest absolute Gasteiger partial charge is 0.371 e. The molecule has 0 spiro atoms. The van der Waals surface area contributed by atoms with Crippen LogP contribution in [0.25, 0.3) is 0 Å². The van der Waals surface area contributed by atoms with Crippen LogP contribution in [0.4, 0.5) is 0 Å². The molecule has 19 heavy (non-hydrogen) atoms. The summed E-state index contributed by atoms with van der Waals surface area (Å²) in [5.74, 6) is -0.280. The van der Waals surface area contributed by atoms with Crippen molar-refractivity contribution >= 4 is 17.7 Å². The van der Waals surface area contributed by atoms with Crippen LogP contribution in [0.1, 0.15) is 47.6 Å². The first-order chi connectivity index (χ1) is 9.10. The monoisotopic (exact) mass is 283 g/mol. The second kappa shape index (κ2) is 6.48. The summed E-state index contributed by atoms with van der Waals surface area (Å²) in [4.78, 5) is 10.8. The van der Waals surface area contributed by atoms with Crippen LogP contribution in [-0.4, -0.2) is 28.6 Å². The Morgan fingerprint density at radius 1 is 1.47 bits per heavy atom. The Morgan fingerprint density at radius 3 is 2.68 bits per heavy atom. The van der Waals surface area contributed by atoms with E-state index >= 15 is 0 Å². The lowest BCUT2D eigenvalue weighted by Gasteiger charge is -2.28.